The molecule has 0 spiro atoms. The molecule has 0 aromatic heterocycles. The average Bonchev–Trinajstić information content (AvgIpc) is 2.39. The molecular formula is C15H24N2O5. The molecule has 0 aliphatic heterocycles. The first-order chi connectivity index (χ1) is 10.2. The number of amides is 1. The number of ether oxygens (including phenoxy) is 2. The van der Waals surface area contributed by atoms with Gasteiger partial charge in [-0.3, -0.25) is 4.79 Å². The van der Waals surface area contributed by atoms with Crippen molar-refractivity contribution in [3.63, 3.8) is 0 Å². The maximum Gasteiger partial charge on any atom is 0.407 e. The fourth-order valence-corrected chi connectivity index (χ4v) is 2.48. The first-order valence-corrected chi connectivity index (χ1v) is 7.43. The molecule has 0 heterocycles. The van der Waals surface area contributed by atoms with Crippen LogP contribution in [0.3, 0.4) is 0 Å². The van der Waals surface area contributed by atoms with Crippen LogP contribution < -0.4 is 5.32 Å². The molecule has 7 heteroatoms. The van der Waals surface area contributed by atoms with Crippen LogP contribution >= 0.6 is 0 Å². The number of carbonyl (C=O) groups is 2. The number of hydrogen-bond donors (Lipinski definition) is 2. The summed E-state index contributed by atoms with van der Waals surface area (Å²) in [6.45, 7) is 7.04. The van der Waals surface area contributed by atoms with Crippen LogP contribution in [0.5, 0.6) is 0 Å². The minimum atomic E-state index is -1.14. The molecule has 4 atom stereocenters. The summed E-state index contributed by atoms with van der Waals surface area (Å²) in [5.74, 6) is -1.81. The lowest BCUT2D eigenvalue weighted by atomic mass is 9.76. The van der Waals surface area contributed by atoms with E-state index in [9.17, 15) is 14.7 Å². The second kappa shape index (κ2) is 7.45. The monoisotopic (exact) mass is 312 g/mol. The van der Waals surface area contributed by atoms with Gasteiger partial charge in [-0.2, -0.15) is 5.26 Å². The normalized spacial score (nSPS) is 28.4. The predicted molar refractivity (Wildman–Crippen MR) is 77.6 cm³/mol. The van der Waals surface area contributed by atoms with Gasteiger partial charge in [0, 0.05) is 0 Å². The summed E-state index contributed by atoms with van der Waals surface area (Å²) in [5.41, 5.74) is -0.697. The largest absolute Gasteiger partial charge is 0.466 e. The van der Waals surface area contributed by atoms with E-state index in [1.165, 1.54) is 0 Å². The first-order valence-electron chi connectivity index (χ1n) is 7.43. The zero-order chi connectivity index (χ0) is 16.9. The molecule has 1 amide bonds. The van der Waals surface area contributed by atoms with Crippen molar-refractivity contribution in [2.45, 2.75) is 58.3 Å². The number of nitrogens with zero attached hydrogens (tertiary/aromatic N) is 1. The van der Waals surface area contributed by atoms with Gasteiger partial charge in [-0.1, -0.05) is 0 Å². The van der Waals surface area contributed by atoms with Gasteiger partial charge in [0.25, 0.3) is 0 Å². The highest BCUT2D eigenvalue weighted by atomic mass is 16.6. The van der Waals surface area contributed by atoms with E-state index in [2.05, 4.69) is 5.32 Å². The number of nitriles is 1. The molecule has 0 saturated heterocycles. The van der Waals surface area contributed by atoms with Gasteiger partial charge in [-0.05, 0) is 40.5 Å². The fourth-order valence-electron chi connectivity index (χ4n) is 2.48. The van der Waals surface area contributed by atoms with Crippen molar-refractivity contribution in [1.82, 2.24) is 5.32 Å². The molecule has 7 nitrogen and oxygen atoms in total. The molecule has 1 aliphatic carbocycles. The third-order valence-electron chi connectivity index (χ3n) is 3.44. The van der Waals surface area contributed by atoms with Gasteiger partial charge in [0.1, 0.15) is 5.60 Å². The van der Waals surface area contributed by atoms with Crippen molar-refractivity contribution in [2.75, 3.05) is 6.61 Å². The van der Waals surface area contributed by atoms with E-state index in [0.29, 0.717) is 12.8 Å². The summed E-state index contributed by atoms with van der Waals surface area (Å²) in [6, 6.07) is 1.11. The predicted octanol–water partition coefficient (Wildman–Crippen LogP) is 1.35. The van der Waals surface area contributed by atoms with E-state index >= 15 is 0 Å². The Kier molecular flexibility index (Phi) is 6.18. The van der Waals surface area contributed by atoms with Gasteiger partial charge in [0.2, 0.25) is 0 Å². The number of aliphatic hydroxyl groups is 1. The maximum atomic E-state index is 12.0. The summed E-state index contributed by atoms with van der Waals surface area (Å²) in [6.07, 6.45) is -1.12. The van der Waals surface area contributed by atoms with Crippen LogP contribution in [0.15, 0.2) is 0 Å². The van der Waals surface area contributed by atoms with Crippen molar-refractivity contribution in [3.8, 4) is 6.07 Å². The van der Waals surface area contributed by atoms with Gasteiger partial charge in [-0.15, -0.1) is 0 Å². The SMILES string of the molecule is CCOC(=O)[C@@H]1CC[C@@H](C#N)[C@H](O)[C@@H]1NC(=O)OC(C)(C)C. The molecule has 0 aromatic rings. The van der Waals surface area contributed by atoms with Gasteiger partial charge < -0.3 is 19.9 Å². The van der Waals surface area contributed by atoms with Crippen LogP contribution in [-0.4, -0.2) is 41.5 Å². The number of alkyl carbamates (subject to hydrolysis) is 1. The Balaban J connectivity index is 2.87. The van der Waals surface area contributed by atoms with Crippen molar-refractivity contribution in [3.05, 3.63) is 0 Å². The Morgan fingerprint density at radius 1 is 1.36 bits per heavy atom. The zero-order valence-electron chi connectivity index (χ0n) is 13.5. The standard InChI is InChI=1S/C15H24N2O5/c1-5-21-13(19)10-7-6-9(8-16)12(18)11(10)17-14(20)22-15(2,3)4/h9-12,18H,5-7H2,1-4H3,(H,17,20)/t9-,10+,11+,12-/m0/s1. The van der Waals surface area contributed by atoms with Crippen LogP contribution in [0.4, 0.5) is 4.79 Å². The second-order valence-corrected chi connectivity index (χ2v) is 6.33. The third-order valence-corrected chi connectivity index (χ3v) is 3.44. The molecule has 22 heavy (non-hydrogen) atoms. The Morgan fingerprint density at radius 3 is 2.50 bits per heavy atom. The quantitative estimate of drug-likeness (QED) is 0.761. The Labute approximate surface area is 130 Å². The number of hydrogen-bond acceptors (Lipinski definition) is 6. The molecule has 0 unspecified atom stereocenters. The van der Waals surface area contributed by atoms with Crippen molar-refractivity contribution in [2.24, 2.45) is 11.8 Å². The molecule has 1 saturated carbocycles. The van der Waals surface area contributed by atoms with E-state index in [-0.39, 0.29) is 6.61 Å². The highest BCUT2D eigenvalue weighted by Gasteiger charge is 2.44. The lowest BCUT2D eigenvalue weighted by molar-refractivity contribution is -0.152. The molecule has 0 aromatic carbocycles. The van der Waals surface area contributed by atoms with E-state index in [1.54, 1.807) is 27.7 Å². The second-order valence-electron chi connectivity index (χ2n) is 6.33. The minimum Gasteiger partial charge on any atom is -0.466 e. The average molecular weight is 312 g/mol. The van der Waals surface area contributed by atoms with Gasteiger partial charge in [-0.25, -0.2) is 4.79 Å². The van der Waals surface area contributed by atoms with Crippen LogP contribution in [0.2, 0.25) is 0 Å². The summed E-state index contributed by atoms with van der Waals surface area (Å²) < 4.78 is 10.1. The summed E-state index contributed by atoms with van der Waals surface area (Å²) in [7, 11) is 0. The zero-order valence-corrected chi connectivity index (χ0v) is 13.5. The van der Waals surface area contributed by atoms with Gasteiger partial charge in [0.05, 0.1) is 36.7 Å². The Bertz CT molecular complexity index is 452. The van der Waals surface area contributed by atoms with Crippen LogP contribution in [0, 0.1) is 23.2 Å². The number of carbonyl (C=O) groups excluding carboxylic acids is 2. The van der Waals surface area contributed by atoms with Crippen LogP contribution in [0.25, 0.3) is 0 Å². The minimum absolute atomic E-state index is 0.215. The molecule has 1 rings (SSSR count). The number of rotatable bonds is 3. The third kappa shape index (κ3) is 4.88. The number of esters is 1. The summed E-state index contributed by atoms with van der Waals surface area (Å²) in [5, 5.41) is 21.8. The maximum absolute atomic E-state index is 12.0. The first kappa shape index (κ1) is 18.2. The highest BCUT2D eigenvalue weighted by Crippen LogP contribution is 2.30. The topological polar surface area (TPSA) is 109 Å². The van der Waals surface area contributed by atoms with Crippen molar-refractivity contribution < 1.29 is 24.2 Å². The molecule has 2 N–H and O–H groups in total. The summed E-state index contributed by atoms with van der Waals surface area (Å²) in [4.78, 5) is 23.9. The molecule has 0 bridgehead atoms. The molecule has 1 fully saturated rings. The van der Waals surface area contributed by atoms with E-state index < -0.39 is 41.6 Å². The molecule has 0 radical (unpaired) electrons. The highest BCUT2D eigenvalue weighted by molar-refractivity contribution is 5.75. The van der Waals surface area contributed by atoms with E-state index in [4.69, 9.17) is 14.7 Å². The fraction of sp³-hybridized carbons (Fsp3) is 0.800. The molecular weight excluding hydrogens is 288 g/mol. The Morgan fingerprint density at radius 2 is 2.00 bits per heavy atom. The van der Waals surface area contributed by atoms with Gasteiger partial charge >= 0.3 is 12.1 Å². The van der Waals surface area contributed by atoms with Gasteiger partial charge in [0.15, 0.2) is 0 Å². The smallest absolute Gasteiger partial charge is 0.407 e. The molecule has 124 valence electrons. The lowest BCUT2D eigenvalue weighted by Crippen LogP contribution is -2.56. The Hall–Kier alpha value is -1.81. The number of nitrogens with one attached hydrogen (secondary N) is 1. The van der Waals surface area contributed by atoms with Crippen molar-refractivity contribution in [1.29, 1.82) is 5.26 Å². The van der Waals surface area contributed by atoms with Crippen LogP contribution in [-0.2, 0) is 14.3 Å². The van der Waals surface area contributed by atoms with E-state index in [1.807, 2.05) is 6.07 Å². The number of aliphatic hydroxyl groups excluding tert-OH is 1. The summed E-state index contributed by atoms with van der Waals surface area (Å²) >= 11 is 0. The molecule has 1 aliphatic rings. The van der Waals surface area contributed by atoms with E-state index in [0.717, 1.165) is 0 Å². The van der Waals surface area contributed by atoms with Crippen molar-refractivity contribution >= 4 is 12.1 Å². The lowest BCUT2D eigenvalue weighted by Gasteiger charge is -2.37. The van der Waals surface area contributed by atoms with Crippen LogP contribution in [0.1, 0.15) is 40.5 Å².